The number of halogens is 5. The number of carboxylic acids is 1. The van der Waals surface area contributed by atoms with E-state index in [1.165, 1.54) is 6.42 Å². The van der Waals surface area contributed by atoms with E-state index in [-0.39, 0.29) is 6.42 Å². The van der Waals surface area contributed by atoms with E-state index < -0.39 is 36.8 Å². The highest BCUT2D eigenvalue weighted by molar-refractivity contribution is 5.69. The number of hydrogen-bond acceptors (Lipinski definition) is 1. The molecular formula is C16H27F5O2. The highest BCUT2D eigenvalue weighted by Gasteiger charge is 2.56. The van der Waals surface area contributed by atoms with Crippen LogP contribution in [0.4, 0.5) is 22.0 Å². The number of alkyl halides is 5. The van der Waals surface area contributed by atoms with Crippen LogP contribution in [0.5, 0.6) is 0 Å². The summed E-state index contributed by atoms with van der Waals surface area (Å²) in [7, 11) is 0. The maximum atomic E-state index is 12.8. The van der Waals surface area contributed by atoms with E-state index in [4.69, 9.17) is 5.11 Å². The lowest BCUT2D eigenvalue weighted by Crippen LogP contribution is -2.36. The van der Waals surface area contributed by atoms with Crippen LogP contribution in [0.2, 0.25) is 0 Å². The average Bonchev–Trinajstić information content (AvgIpc) is 2.42. The molecule has 1 unspecified atom stereocenters. The lowest BCUT2D eigenvalue weighted by atomic mass is 9.94. The minimum absolute atomic E-state index is 0.142. The zero-order valence-electron chi connectivity index (χ0n) is 13.6. The lowest BCUT2D eigenvalue weighted by Gasteiger charge is -2.20. The second-order valence-electron chi connectivity index (χ2n) is 6.04. The summed E-state index contributed by atoms with van der Waals surface area (Å²) in [5.74, 6) is -6.70. The molecule has 0 radical (unpaired) electrons. The van der Waals surface area contributed by atoms with Crippen molar-refractivity contribution in [1.82, 2.24) is 0 Å². The number of carbonyl (C=O) groups is 1. The van der Waals surface area contributed by atoms with E-state index in [0.29, 0.717) is 12.8 Å². The number of rotatable bonds is 13. The van der Waals surface area contributed by atoms with Crippen LogP contribution in [0.15, 0.2) is 0 Å². The molecule has 0 aromatic rings. The van der Waals surface area contributed by atoms with Gasteiger partial charge in [-0.1, -0.05) is 51.9 Å². The first kappa shape index (κ1) is 22.1. The van der Waals surface area contributed by atoms with E-state index in [1.54, 1.807) is 0 Å². The number of hydrogen-bond donors (Lipinski definition) is 1. The summed E-state index contributed by atoms with van der Waals surface area (Å²) in [6.07, 6.45) is -0.0912. The van der Waals surface area contributed by atoms with Crippen molar-refractivity contribution >= 4 is 5.97 Å². The monoisotopic (exact) mass is 346 g/mol. The van der Waals surface area contributed by atoms with E-state index in [2.05, 4.69) is 6.92 Å². The third-order valence-corrected chi connectivity index (χ3v) is 3.96. The molecule has 23 heavy (non-hydrogen) atoms. The summed E-state index contributed by atoms with van der Waals surface area (Å²) in [6, 6.07) is 0. The van der Waals surface area contributed by atoms with Crippen LogP contribution in [-0.2, 0) is 4.79 Å². The Labute approximate surface area is 134 Å². The van der Waals surface area contributed by atoms with Crippen LogP contribution in [0, 0.1) is 5.92 Å². The molecule has 0 saturated carbocycles. The standard InChI is InChI=1S/C16H27F5O2/c1-2-3-4-5-6-7-8-10-13(14(22)23)11-9-12-15(17,18)16(19,20)21/h13H,2-12H2,1H3,(H,22,23). The largest absolute Gasteiger partial charge is 0.481 e. The predicted molar refractivity (Wildman–Crippen MR) is 78.6 cm³/mol. The second kappa shape index (κ2) is 10.8. The molecule has 1 N–H and O–H groups in total. The van der Waals surface area contributed by atoms with Gasteiger partial charge in [0.1, 0.15) is 0 Å². The molecule has 0 aromatic heterocycles. The summed E-state index contributed by atoms with van der Waals surface area (Å²) in [5.41, 5.74) is 0. The summed E-state index contributed by atoms with van der Waals surface area (Å²) in [5, 5.41) is 9.03. The van der Waals surface area contributed by atoms with Gasteiger partial charge in [-0.2, -0.15) is 22.0 Å². The van der Waals surface area contributed by atoms with Gasteiger partial charge in [-0.25, -0.2) is 0 Å². The molecule has 1 atom stereocenters. The molecule has 0 spiro atoms. The number of unbranched alkanes of at least 4 members (excludes halogenated alkanes) is 6. The van der Waals surface area contributed by atoms with Crippen LogP contribution >= 0.6 is 0 Å². The van der Waals surface area contributed by atoms with E-state index in [1.807, 2.05) is 0 Å². The third-order valence-electron chi connectivity index (χ3n) is 3.96. The molecule has 0 aliphatic rings. The molecule has 2 nitrogen and oxygen atoms in total. The molecule has 0 amide bonds. The van der Waals surface area contributed by atoms with Gasteiger partial charge in [0.25, 0.3) is 0 Å². The molecule has 0 fully saturated rings. The zero-order valence-corrected chi connectivity index (χ0v) is 13.6. The summed E-state index contributed by atoms with van der Waals surface area (Å²) < 4.78 is 61.6. The highest BCUT2D eigenvalue weighted by Crippen LogP contribution is 2.39. The molecular weight excluding hydrogens is 319 g/mol. The third kappa shape index (κ3) is 9.76. The van der Waals surface area contributed by atoms with E-state index in [0.717, 1.165) is 32.1 Å². The maximum Gasteiger partial charge on any atom is 0.453 e. The lowest BCUT2D eigenvalue weighted by molar-refractivity contribution is -0.284. The molecule has 0 heterocycles. The van der Waals surface area contributed by atoms with Gasteiger partial charge in [0, 0.05) is 6.42 Å². The average molecular weight is 346 g/mol. The van der Waals surface area contributed by atoms with Crippen LogP contribution in [0.1, 0.15) is 77.6 Å². The normalized spacial score (nSPS) is 14.0. The zero-order chi connectivity index (χ0) is 17.9. The van der Waals surface area contributed by atoms with Crippen LogP contribution in [-0.4, -0.2) is 23.2 Å². The Balaban J connectivity index is 3.98. The van der Waals surface area contributed by atoms with Crippen molar-refractivity contribution in [3.63, 3.8) is 0 Å². The molecule has 0 aromatic carbocycles. The smallest absolute Gasteiger partial charge is 0.453 e. The molecule has 0 aliphatic heterocycles. The van der Waals surface area contributed by atoms with Crippen LogP contribution in [0.3, 0.4) is 0 Å². The van der Waals surface area contributed by atoms with Crippen molar-refractivity contribution in [3.05, 3.63) is 0 Å². The maximum absolute atomic E-state index is 12.8. The predicted octanol–water partition coefficient (Wildman–Crippen LogP) is 6.20. The van der Waals surface area contributed by atoms with Crippen molar-refractivity contribution in [2.75, 3.05) is 0 Å². The molecule has 138 valence electrons. The van der Waals surface area contributed by atoms with Gasteiger partial charge in [0.15, 0.2) is 0 Å². The molecule has 0 bridgehead atoms. The van der Waals surface area contributed by atoms with Crippen molar-refractivity contribution < 1.29 is 31.9 Å². The fourth-order valence-electron chi connectivity index (χ4n) is 2.45. The van der Waals surface area contributed by atoms with Crippen LogP contribution < -0.4 is 0 Å². The molecule has 7 heteroatoms. The van der Waals surface area contributed by atoms with Crippen molar-refractivity contribution in [2.45, 2.75) is 89.7 Å². The molecule has 0 saturated heterocycles. The first-order chi connectivity index (χ1) is 10.6. The Morgan fingerprint density at radius 3 is 1.83 bits per heavy atom. The topological polar surface area (TPSA) is 37.3 Å². The Morgan fingerprint density at radius 1 is 0.870 bits per heavy atom. The Morgan fingerprint density at radius 2 is 1.35 bits per heavy atom. The molecule has 0 aliphatic carbocycles. The first-order valence-electron chi connectivity index (χ1n) is 8.29. The van der Waals surface area contributed by atoms with Gasteiger partial charge in [-0.05, 0) is 19.3 Å². The van der Waals surface area contributed by atoms with Gasteiger partial charge in [0.05, 0.1) is 5.92 Å². The van der Waals surface area contributed by atoms with E-state index >= 15 is 0 Å². The summed E-state index contributed by atoms with van der Waals surface area (Å²) >= 11 is 0. The highest BCUT2D eigenvalue weighted by atomic mass is 19.4. The Kier molecular flexibility index (Phi) is 10.4. The fourth-order valence-corrected chi connectivity index (χ4v) is 2.45. The first-order valence-corrected chi connectivity index (χ1v) is 8.29. The second-order valence-corrected chi connectivity index (χ2v) is 6.04. The van der Waals surface area contributed by atoms with Crippen molar-refractivity contribution in [3.8, 4) is 0 Å². The number of carboxylic acid groups (broad SMARTS) is 1. The van der Waals surface area contributed by atoms with Gasteiger partial charge in [-0.3, -0.25) is 4.79 Å². The van der Waals surface area contributed by atoms with Crippen molar-refractivity contribution in [1.29, 1.82) is 0 Å². The van der Waals surface area contributed by atoms with Crippen LogP contribution in [0.25, 0.3) is 0 Å². The van der Waals surface area contributed by atoms with Gasteiger partial charge in [-0.15, -0.1) is 0 Å². The fraction of sp³-hybridized carbons (Fsp3) is 0.938. The van der Waals surface area contributed by atoms with Gasteiger partial charge < -0.3 is 5.11 Å². The van der Waals surface area contributed by atoms with E-state index in [9.17, 15) is 26.7 Å². The molecule has 0 rings (SSSR count). The quantitative estimate of drug-likeness (QED) is 0.319. The summed E-state index contributed by atoms with van der Waals surface area (Å²) in [4.78, 5) is 11.0. The van der Waals surface area contributed by atoms with Gasteiger partial charge >= 0.3 is 18.1 Å². The summed E-state index contributed by atoms with van der Waals surface area (Å²) in [6.45, 7) is 2.11. The SMILES string of the molecule is CCCCCCCCCC(CCCC(F)(F)C(F)(F)F)C(=O)O. The van der Waals surface area contributed by atoms with Gasteiger partial charge in [0.2, 0.25) is 0 Å². The number of aliphatic carboxylic acids is 1. The van der Waals surface area contributed by atoms with Crippen molar-refractivity contribution in [2.24, 2.45) is 5.92 Å². The minimum atomic E-state index is -5.57. The Hall–Kier alpha value is -0.880. The minimum Gasteiger partial charge on any atom is -0.481 e. The Bertz CT molecular complexity index is 329.